The highest BCUT2D eigenvalue weighted by Crippen LogP contribution is 2.40. The number of thioether (sulfide) groups is 1. The van der Waals surface area contributed by atoms with Crippen LogP contribution in [-0.4, -0.2) is 28.6 Å². The standard InChI is InChI=1S/C18H12ClNO5S/c19-12-4-1-10(2-5-12)17-16(20-18(25-17)26-8-15(21)22)11-3-6-13-14(7-11)24-9-23-13/h1-7H,8-9H2,(H,21,22). The van der Waals surface area contributed by atoms with Crippen LogP contribution in [0.1, 0.15) is 0 Å². The van der Waals surface area contributed by atoms with Crippen molar-refractivity contribution in [3.63, 3.8) is 0 Å². The number of carbonyl (C=O) groups is 1. The Bertz CT molecular complexity index is 970. The van der Waals surface area contributed by atoms with Gasteiger partial charge in [-0.2, -0.15) is 0 Å². The van der Waals surface area contributed by atoms with Crippen LogP contribution in [0.25, 0.3) is 22.6 Å². The Morgan fingerprint density at radius 2 is 1.85 bits per heavy atom. The molecule has 132 valence electrons. The van der Waals surface area contributed by atoms with Crippen molar-refractivity contribution < 1.29 is 23.8 Å². The average molecular weight is 390 g/mol. The minimum Gasteiger partial charge on any atom is -0.481 e. The van der Waals surface area contributed by atoms with E-state index in [1.807, 2.05) is 30.3 Å². The number of carboxylic acid groups (broad SMARTS) is 1. The molecule has 0 atom stereocenters. The molecule has 1 aromatic heterocycles. The number of nitrogens with zero attached hydrogens (tertiary/aromatic N) is 1. The number of rotatable bonds is 5. The maximum atomic E-state index is 10.8. The zero-order valence-electron chi connectivity index (χ0n) is 13.3. The van der Waals surface area contributed by atoms with Crippen LogP contribution in [0.4, 0.5) is 0 Å². The predicted molar refractivity (Wildman–Crippen MR) is 96.9 cm³/mol. The molecule has 8 heteroatoms. The molecule has 4 rings (SSSR count). The Labute approximate surface area is 157 Å². The second-order valence-electron chi connectivity index (χ2n) is 5.41. The molecule has 2 aromatic carbocycles. The molecule has 0 bridgehead atoms. The third-order valence-electron chi connectivity index (χ3n) is 3.68. The molecule has 1 aliphatic rings. The number of aliphatic carboxylic acids is 1. The Kier molecular flexibility index (Phi) is 4.48. The van der Waals surface area contributed by atoms with Gasteiger partial charge in [-0.1, -0.05) is 23.4 Å². The summed E-state index contributed by atoms with van der Waals surface area (Å²) in [4.78, 5) is 15.3. The van der Waals surface area contributed by atoms with E-state index in [-0.39, 0.29) is 17.8 Å². The van der Waals surface area contributed by atoms with Gasteiger partial charge in [0.05, 0.1) is 0 Å². The smallest absolute Gasteiger partial charge is 0.314 e. The van der Waals surface area contributed by atoms with E-state index in [9.17, 15) is 4.79 Å². The van der Waals surface area contributed by atoms with Crippen LogP contribution in [0.3, 0.4) is 0 Å². The number of ether oxygens (including phenoxy) is 2. The quantitative estimate of drug-likeness (QED) is 0.640. The highest BCUT2D eigenvalue weighted by molar-refractivity contribution is 7.99. The first kappa shape index (κ1) is 16.8. The highest BCUT2D eigenvalue weighted by atomic mass is 35.5. The molecule has 0 aliphatic carbocycles. The van der Waals surface area contributed by atoms with Crippen LogP contribution in [0, 0.1) is 0 Å². The lowest BCUT2D eigenvalue weighted by Crippen LogP contribution is -1.97. The number of hydrogen-bond acceptors (Lipinski definition) is 6. The van der Waals surface area contributed by atoms with Crippen LogP contribution < -0.4 is 9.47 Å². The summed E-state index contributed by atoms with van der Waals surface area (Å²) in [6.07, 6.45) is 0. The molecule has 0 amide bonds. The van der Waals surface area contributed by atoms with E-state index in [2.05, 4.69) is 4.98 Å². The molecule has 3 aromatic rings. The monoisotopic (exact) mass is 389 g/mol. The van der Waals surface area contributed by atoms with E-state index in [0.29, 0.717) is 28.0 Å². The number of benzene rings is 2. The molecule has 0 unspecified atom stereocenters. The molecule has 2 heterocycles. The van der Waals surface area contributed by atoms with Crippen LogP contribution in [0.15, 0.2) is 52.1 Å². The Morgan fingerprint density at radius 1 is 1.12 bits per heavy atom. The van der Waals surface area contributed by atoms with Crippen LogP contribution in [0.2, 0.25) is 5.02 Å². The van der Waals surface area contributed by atoms with Crippen molar-refractivity contribution in [1.82, 2.24) is 4.98 Å². The number of carboxylic acids is 1. The molecule has 26 heavy (non-hydrogen) atoms. The molecular weight excluding hydrogens is 378 g/mol. The lowest BCUT2D eigenvalue weighted by Gasteiger charge is -2.03. The van der Waals surface area contributed by atoms with Gasteiger partial charge in [0.2, 0.25) is 6.79 Å². The fraction of sp³-hybridized carbons (Fsp3) is 0.111. The van der Waals surface area contributed by atoms with Crippen molar-refractivity contribution in [1.29, 1.82) is 0 Å². The van der Waals surface area contributed by atoms with Crippen molar-refractivity contribution in [3.05, 3.63) is 47.5 Å². The first-order valence-corrected chi connectivity index (χ1v) is 8.98. The van der Waals surface area contributed by atoms with E-state index in [4.69, 9.17) is 30.6 Å². The lowest BCUT2D eigenvalue weighted by atomic mass is 10.1. The zero-order chi connectivity index (χ0) is 18.1. The lowest BCUT2D eigenvalue weighted by molar-refractivity contribution is -0.133. The molecule has 0 radical (unpaired) electrons. The van der Waals surface area contributed by atoms with Crippen molar-refractivity contribution in [2.45, 2.75) is 5.22 Å². The fourth-order valence-electron chi connectivity index (χ4n) is 2.52. The minimum atomic E-state index is -0.939. The van der Waals surface area contributed by atoms with Crippen molar-refractivity contribution in [2.24, 2.45) is 0 Å². The highest BCUT2D eigenvalue weighted by Gasteiger charge is 2.21. The van der Waals surface area contributed by atoms with Gasteiger partial charge in [-0.15, -0.1) is 0 Å². The topological polar surface area (TPSA) is 81.8 Å². The van der Waals surface area contributed by atoms with Crippen molar-refractivity contribution >= 4 is 29.3 Å². The van der Waals surface area contributed by atoms with Gasteiger partial charge in [-0.25, -0.2) is 4.98 Å². The molecule has 1 N–H and O–H groups in total. The van der Waals surface area contributed by atoms with Gasteiger partial charge in [-0.3, -0.25) is 4.79 Å². The second-order valence-corrected chi connectivity index (χ2v) is 6.78. The SMILES string of the molecule is O=C(O)CSc1nc(-c2ccc3c(c2)OCO3)c(-c2ccc(Cl)cc2)o1. The van der Waals surface area contributed by atoms with Gasteiger partial charge in [0, 0.05) is 16.1 Å². The minimum absolute atomic E-state index is 0.138. The summed E-state index contributed by atoms with van der Waals surface area (Å²) in [5.41, 5.74) is 2.17. The number of fused-ring (bicyclic) bond motifs is 1. The van der Waals surface area contributed by atoms with Crippen molar-refractivity contribution in [2.75, 3.05) is 12.5 Å². The number of halogens is 1. The summed E-state index contributed by atoms with van der Waals surface area (Å²) in [5.74, 6) is 0.763. The van der Waals surface area contributed by atoms with Gasteiger partial charge < -0.3 is 19.0 Å². The Balaban J connectivity index is 1.78. The van der Waals surface area contributed by atoms with E-state index in [0.717, 1.165) is 22.9 Å². The number of oxazole rings is 1. The normalized spacial score (nSPS) is 12.3. The summed E-state index contributed by atoms with van der Waals surface area (Å²) in [6.45, 7) is 0.182. The molecule has 1 aliphatic heterocycles. The zero-order valence-corrected chi connectivity index (χ0v) is 14.8. The van der Waals surface area contributed by atoms with Gasteiger partial charge in [-0.05, 0) is 42.5 Å². The molecule has 0 spiro atoms. The van der Waals surface area contributed by atoms with E-state index >= 15 is 0 Å². The van der Waals surface area contributed by atoms with Gasteiger partial charge in [0.25, 0.3) is 5.22 Å². The molecule has 0 saturated carbocycles. The first-order chi connectivity index (χ1) is 12.6. The molecule has 0 saturated heterocycles. The average Bonchev–Trinajstić information content (AvgIpc) is 3.26. The molecule has 0 fully saturated rings. The largest absolute Gasteiger partial charge is 0.481 e. The first-order valence-electron chi connectivity index (χ1n) is 7.61. The summed E-state index contributed by atoms with van der Waals surface area (Å²) in [5, 5.41) is 9.78. The van der Waals surface area contributed by atoms with E-state index in [1.54, 1.807) is 12.1 Å². The second kappa shape index (κ2) is 6.93. The Hall–Kier alpha value is -2.64. The van der Waals surface area contributed by atoms with Gasteiger partial charge >= 0.3 is 5.97 Å². The maximum Gasteiger partial charge on any atom is 0.314 e. The fourth-order valence-corrected chi connectivity index (χ4v) is 3.19. The summed E-state index contributed by atoms with van der Waals surface area (Å²) in [6, 6.07) is 12.7. The summed E-state index contributed by atoms with van der Waals surface area (Å²) >= 11 is 6.99. The number of aromatic nitrogens is 1. The maximum absolute atomic E-state index is 10.8. The van der Waals surface area contributed by atoms with Crippen LogP contribution >= 0.6 is 23.4 Å². The molecule has 6 nitrogen and oxygen atoms in total. The Morgan fingerprint density at radius 3 is 2.62 bits per heavy atom. The van der Waals surface area contributed by atoms with Gasteiger partial charge in [0.1, 0.15) is 11.4 Å². The third-order valence-corrected chi connectivity index (χ3v) is 4.74. The van der Waals surface area contributed by atoms with Crippen LogP contribution in [0.5, 0.6) is 11.5 Å². The summed E-state index contributed by atoms with van der Waals surface area (Å²) in [7, 11) is 0. The van der Waals surface area contributed by atoms with Crippen molar-refractivity contribution in [3.8, 4) is 34.1 Å². The molecular formula is C18H12ClNO5S. The summed E-state index contributed by atoms with van der Waals surface area (Å²) < 4.78 is 16.6. The van der Waals surface area contributed by atoms with Crippen LogP contribution in [-0.2, 0) is 4.79 Å². The van der Waals surface area contributed by atoms with E-state index < -0.39 is 5.97 Å². The predicted octanol–water partition coefficient (Wildman–Crippen LogP) is 4.57. The van der Waals surface area contributed by atoms with E-state index in [1.165, 1.54) is 0 Å². The number of hydrogen-bond donors (Lipinski definition) is 1. The van der Waals surface area contributed by atoms with Gasteiger partial charge in [0.15, 0.2) is 17.3 Å². The third kappa shape index (κ3) is 3.36.